The molecule has 0 atom stereocenters. The molecule has 0 aliphatic carbocycles. The fourth-order valence-corrected chi connectivity index (χ4v) is 1.61. The Morgan fingerprint density at radius 3 is 2.44 bits per heavy atom. The van der Waals surface area contributed by atoms with E-state index in [0.717, 1.165) is 22.6 Å². The first-order valence-electron chi connectivity index (χ1n) is 5.16. The molecule has 82 valence electrons. The van der Waals surface area contributed by atoms with Crippen LogP contribution >= 0.6 is 0 Å². The number of hydrogen-bond donors (Lipinski definition) is 1. The Morgan fingerprint density at radius 1 is 1.12 bits per heavy atom. The first kappa shape index (κ1) is 10.7. The van der Waals surface area contributed by atoms with Gasteiger partial charge in [-0.1, -0.05) is 0 Å². The minimum atomic E-state index is 0.429. The van der Waals surface area contributed by atoms with Crippen molar-refractivity contribution in [1.82, 2.24) is 15.0 Å². The van der Waals surface area contributed by atoms with Gasteiger partial charge in [-0.2, -0.15) is 0 Å². The van der Waals surface area contributed by atoms with Crippen LogP contribution in [-0.2, 0) is 6.54 Å². The lowest BCUT2D eigenvalue weighted by atomic mass is 10.2. The zero-order valence-corrected chi connectivity index (χ0v) is 9.44. The molecule has 2 N–H and O–H groups in total. The molecule has 0 unspecified atom stereocenters. The number of aromatic nitrogens is 3. The van der Waals surface area contributed by atoms with E-state index in [1.807, 2.05) is 32.0 Å². The van der Waals surface area contributed by atoms with E-state index in [-0.39, 0.29) is 0 Å². The molecule has 0 aliphatic heterocycles. The van der Waals surface area contributed by atoms with Gasteiger partial charge in [0, 0.05) is 29.7 Å². The second-order valence-corrected chi connectivity index (χ2v) is 3.71. The van der Waals surface area contributed by atoms with Crippen molar-refractivity contribution in [2.75, 3.05) is 0 Å². The summed E-state index contributed by atoms with van der Waals surface area (Å²) in [7, 11) is 0. The van der Waals surface area contributed by atoms with Crippen LogP contribution in [0.15, 0.2) is 24.4 Å². The van der Waals surface area contributed by atoms with Gasteiger partial charge in [0.05, 0.1) is 5.69 Å². The van der Waals surface area contributed by atoms with Crippen LogP contribution in [-0.4, -0.2) is 15.0 Å². The predicted molar refractivity (Wildman–Crippen MR) is 62.6 cm³/mol. The maximum Gasteiger partial charge on any atom is 0.159 e. The van der Waals surface area contributed by atoms with Crippen molar-refractivity contribution in [2.24, 2.45) is 5.73 Å². The van der Waals surface area contributed by atoms with E-state index in [1.165, 1.54) is 0 Å². The van der Waals surface area contributed by atoms with Gasteiger partial charge in [-0.15, -0.1) is 0 Å². The zero-order valence-electron chi connectivity index (χ0n) is 9.44. The summed E-state index contributed by atoms with van der Waals surface area (Å²) in [5, 5.41) is 0. The van der Waals surface area contributed by atoms with E-state index in [9.17, 15) is 0 Å². The van der Waals surface area contributed by atoms with Gasteiger partial charge in [-0.25, -0.2) is 9.97 Å². The average molecular weight is 214 g/mol. The van der Waals surface area contributed by atoms with E-state index in [4.69, 9.17) is 5.73 Å². The molecule has 0 saturated carbocycles. The zero-order chi connectivity index (χ0) is 11.5. The Hall–Kier alpha value is -1.81. The highest BCUT2D eigenvalue weighted by Gasteiger charge is 2.04. The van der Waals surface area contributed by atoms with Crippen LogP contribution in [0.4, 0.5) is 0 Å². The summed E-state index contributed by atoms with van der Waals surface area (Å²) in [5.41, 5.74) is 9.32. The average Bonchev–Trinajstić information content (AvgIpc) is 2.28. The highest BCUT2D eigenvalue weighted by molar-refractivity contribution is 5.55. The number of nitrogens with two attached hydrogens (primary N) is 1. The maximum atomic E-state index is 5.55. The summed E-state index contributed by atoms with van der Waals surface area (Å²) in [5.74, 6) is 0.705. The normalized spacial score (nSPS) is 10.4. The fraction of sp³-hybridized carbons (Fsp3) is 0.250. The second-order valence-electron chi connectivity index (χ2n) is 3.71. The van der Waals surface area contributed by atoms with E-state index < -0.39 is 0 Å². The van der Waals surface area contributed by atoms with Gasteiger partial charge in [0.15, 0.2) is 5.82 Å². The molecule has 2 aromatic heterocycles. The molecule has 0 bridgehead atoms. The molecule has 4 heteroatoms. The van der Waals surface area contributed by atoms with Crippen LogP contribution in [0, 0.1) is 13.8 Å². The van der Waals surface area contributed by atoms with Gasteiger partial charge in [-0.3, -0.25) is 4.98 Å². The minimum absolute atomic E-state index is 0.429. The van der Waals surface area contributed by atoms with Gasteiger partial charge < -0.3 is 5.73 Å². The number of aryl methyl sites for hydroxylation is 2. The lowest BCUT2D eigenvalue weighted by molar-refractivity contribution is 0.967. The molecule has 0 spiro atoms. The van der Waals surface area contributed by atoms with Gasteiger partial charge in [-0.05, 0) is 32.0 Å². The maximum absolute atomic E-state index is 5.55. The summed E-state index contributed by atoms with van der Waals surface area (Å²) in [6, 6.07) is 5.77. The standard InChI is InChI=1S/C12H14N4/c1-8-5-10(6-9(2)15-8)12-14-4-3-11(7-13)16-12/h3-6H,7,13H2,1-2H3. The molecule has 0 aliphatic rings. The van der Waals surface area contributed by atoms with Gasteiger partial charge >= 0.3 is 0 Å². The molecule has 0 aromatic carbocycles. The molecule has 4 nitrogen and oxygen atoms in total. The van der Waals surface area contributed by atoms with Gasteiger partial charge in [0.25, 0.3) is 0 Å². The first-order chi connectivity index (χ1) is 7.69. The SMILES string of the molecule is Cc1cc(-c2nccc(CN)n2)cc(C)n1. The highest BCUT2D eigenvalue weighted by Crippen LogP contribution is 2.16. The van der Waals surface area contributed by atoms with Crippen molar-refractivity contribution in [3.63, 3.8) is 0 Å². The summed E-state index contributed by atoms with van der Waals surface area (Å²) in [6.07, 6.45) is 1.73. The van der Waals surface area contributed by atoms with Gasteiger partial charge in [0.2, 0.25) is 0 Å². The van der Waals surface area contributed by atoms with Crippen molar-refractivity contribution >= 4 is 0 Å². The lowest BCUT2D eigenvalue weighted by Gasteiger charge is -2.04. The molecular formula is C12H14N4. The van der Waals surface area contributed by atoms with Crippen molar-refractivity contribution in [2.45, 2.75) is 20.4 Å². The van der Waals surface area contributed by atoms with E-state index in [1.54, 1.807) is 6.20 Å². The van der Waals surface area contributed by atoms with Crippen LogP contribution in [0.3, 0.4) is 0 Å². The Bertz CT molecular complexity index is 488. The van der Waals surface area contributed by atoms with E-state index in [0.29, 0.717) is 12.4 Å². The van der Waals surface area contributed by atoms with E-state index >= 15 is 0 Å². The smallest absolute Gasteiger partial charge is 0.159 e. The monoisotopic (exact) mass is 214 g/mol. The van der Waals surface area contributed by atoms with Crippen LogP contribution in [0.2, 0.25) is 0 Å². The molecule has 2 rings (SSSR count). The lowest BCUT2D eigenvalue weighted by Crippen LogP contribution is -2.01. The molecule has 16 heavy (non-hydrogen) atoms. The summed E-state index contributed by atoms with van der Waals surface area (Å²) in [6.45, 7) is 4.35. The quantitative estimate of drug-likeness (QED) is 0.825. The van der Waals surface area contributed by atoms with Crippen molar-refractivity contribution in [3.05, 3.63) is 41.5 Å². The molecule has 2 aromatic rings. The van der Waals surface area contributed by atoms with Gasteiger partial charge in [0.1, 0.15) is 0 Å². The molecule has 0 radical (unpaired) electrons. The summed E-state index contributed by atoms with van der Waals surface area (Å²) >= 11 is 0. The van der Waals surface area contributed by atoms with E-state index in [2.05, 4.69) is 15.0 Å². The Balaban J connectivity index is 2.49. The second kappa shape index (κ2) is 4.37. The number of pyridine rings is 1. The Labute approximate surface area is 94.6 Å². The fourth-order valence-electron chi connectivity index (χ4n) is 1.61. The largest absolute Gasteiger partial charge is 0.325 e. The third kappa shape index (κ3) is 2.23. The summed E-state index contributed by atoms with van der Waals surface area (Å²) < 4.78 is 0. The number of hydrogen-bond acceptors (Lipinski definition) is 4. The predicted octanol–water partition coefficient (Wildman–Crippen LogP) is 1.61. The summed E-state index contributed by atoms with van der Waals surface area (Å²) in [4.78, 5) is 12.9. The molecular weight excluding hydrogens is 200 g/mol. The third-order valence-corrected chi connectivity index (χ3v) is 2.26. The van der Waals surface area contributed by atoms with Crippen LogP contribution in [0.25, 0.3) is 11.4 Å². The number of rotatable bonds is 2. The topological polar surface area (TPSA) is 64.7 Å². The molecule has 2 heterocycles. The third-order valence-electron chi connectivity index (χ3n) is 2.26. The van der Waals surface area contributed by atoms with Crippen molar-refractivity contribution < 1.29 is 0 Å². The van der Waals surface area contributed by atoms with Crippen LogP contribution < -0.4 is 5.73 Å². The Morgan fingerprint density at radius 2 is 1.81 bits per heavy atom. The molecule has 0 fully saturated rings. The Kier molecular flexibility index (Phi) is 2.92. The van der Waals surface area contributed by atoms with Crippen molar-refractivity contribution in [3.8, 4) is 11.4 Å². The van der Waals surface area contributed by atoms with Crippen LogP contribution in [0.1, 0.15) is 17.1 Å². The molecule has 0 saturated heterocycles. The van der Waals surface area contributed by atoms with Crippen molar-refractivity contribution in [1.29, 1.82) is 0 Å². The first-order valence-corrected chi connectivity index (χ1v) is 5.16. The number of nitrogens with zero attached hydrogens (tertiary/aromatic N) is 3. The molecule has 0 amide bonds. The minimum Gasteiger partial charge on any atom is -0.325 e. The van der Waals surface area contributed by atoms with Crippen LogP contribution in [0.5, 0.6) is 0 Å². The highest BCUT2D eigenvalue weighted by atomic mass is 14.9.